The molecule has 1 heterocycles. The van der Waals surface area contributed by atoms with Crippen LogP contribution in [0.15, 0.2) is 32.6 Å². The van der Waals surface area contributed by atoms with Crippen molar-refractivity contribution in [2.75, 3.05) is 12.5 Å². The molecule has 0 saturated heterocycles. The van der Waals surface area contributed by atoms with Crippen molar-refractivity contribution in [1.82, 2.24) is 9.97 Å². The number of anilines is 1. The van der Waals surface area contributed by atoms with Crippen LogP contribution in [0.25, 0.3) is 0 Å². The fourth-order valence-corrected chi connectivity index (χ4v) is 2.41. The van der Waals surface area contributed by atoms with E-state index in [1.54, 1.807) is 12.1 Å². The van der Waals surface area contributed by atoms with Gasteiger partial charge in [-0.25, -0.2) is 10.4 Å². The number of aryl methyl sites for hydroxylation is 1. The molecule has 1 aromatic heterocycles. The number of methoxy groups -OCH3 is 1. The number of nitrogens with zero attached hydrogens (tertiary/aromatic N) is 2. The van der Waals surface area contributed by atoms with Gasteiger partial charge in [0, 0.05) is 21.8 Å². The van der Waals surface area contributed by atoms with E-state index in [1.807, 2.05) is 6.92 Å². The summed E-state index contributed by atoms with van der Waals surface area (Å²) in [6.45, 7) is 2.01. The third-order valence-electron chi connectivity index (χ3n) is 2.96. The lowest BCUT2D eigenvalue weighted by Crippen LogP contribution is -2.12. The lowest BCUT2D eigenvalue weighted by Gasteiger charge is -2.07. The van der Waals surface area contributed by atoms with Crippen molar-refractivity contribution in [1.29, 1.82) is 0 Å². The Morgan fingerprint density at radius 1 is 1.48 bits per heavy atom. The second-order valence-corrected chi connectivity index (χ2v) is 5.67. The molecule has 0 saturated carbocycles. The maximum Gasteiger partial charge on any atom is 0.252 e. The predicted molar refractivity (Wildman–Crippen MR) is 92.4 cm³/mol. The molecule has 3 N–H and O–H groups in total. The van der Waals surface area contributed by atoms with Crippen LogP contribution in [0.1, 0.15) is 24.6 Å². The van der Waals surface area contributed by atoms with Crippen LogP contribution < -0.4 is 15.7 Å². The van der Waals surface area contributed by atoms with Crippen LogP contribution in [-0.4, -0.2) is 28.4 Å². The second kappa shape index (κ2) is 7.77. The zero-order chi connectivity index (χ0) is 16.8. The van der Waals surface area contributed by atoms with Crippen LogP contribution in [0, 0.1) is 0 Å². The quantitative estimate of drug-likeness (QED) is 0.528. The van der Waals surface area contributed by atoms with E-state index in [0.717, 1.165) is 10.9 Å². The first kappa shape index (κ1) is 17.0. The number of hydrogen-bond acceptors (Lipinski definition) is 6. The summed E-state index contributed by atoms with van der Waals surface area (Å²) in [5.41, 5.74) is 3.56. The molecule has 0 fully saturated rings. The van der Waals surface area contributed by atoms with E-state index in [4.69, 9.17) is 4.74 Å². The van der Waals surface area contributed by atoms with Crippen molar-refractivity contribution in [3.8, 4) is 11.5 Å². The molecular formula is C15H17BrN4O3. The Morgan fingerprint density at radius 3 is 2.96 bits per heavy atom. The third kappa shape index (κ3) is 4.56. The van der Waals surface area contributed by atoms with Crippen LogP contribution in [-0.2, 0) is 6.42 Å². The molecule has 0 aliphatic rings. The SMILES string of the molecule is CCCc1cc(=O)[nH]c(N/N=C/c2cc(Br)cc(OC)c2O)n1. The van der Waals surface area contributed by atoms with Gasteiger partial charge in [-0.1, -0.05) is 29.3 Å². The molecule has 0 unspecified atom stereocenters. The molecule has 122 valence electrons. The Morgan fingerprint density at radius 2 is 2.26 bits per heavy atom. The Labute approximate surface area is 141 Å². The number of hydrogen-bond donors (Lipinski definition) is 3. The highest BCUT2D eigenvalue weighted by Gasteiger charge is 2.08. The normalized spacial score (nSPS) is 10.9. The van der Waals surface area contributed by atoms with Crippen LogP contribution in [0.4, 0.5) is 5.95 Å². The number of aromatic nitrogens is 2. The predicted octanol–water partition coefficient (Wildman–Crippen LogP) is 2.65. The number of ether oxygens (including phenoxy) is 1. The molecule has 2 rings (SSSR count). The lowest BCUT2D eigenvalue weighted by atomic mass is 10.2. The second-order valence-electron chi connectivity index (χ2n) is 4.75. The van der Waals surface area contributed by atoms with E-state index in [0.29, 0.717) is 23.4 Å². The average molecular weight is 381 g/mol. The van der Waals surface area contributed by atoms with Crippen LogP contribution in [0.3, 0.4) is 0 Å². The third-order valence-corrected chi connectivity index (χ3v) is 3.42. The number of halogens is 1. The molecular weight excluding hydrogens is 364 g/mol. The summed E-state index contributed by atoms with van der Waals surface area (Å²) in [6.07, 6.45) is 3.02. The smallest absolute Gasteiger partial charge is 0.252 e. The maximum atomic E-state index is 11.6. The van der Waals surface area contributed by atoms with Crippen LogP contribution >= 0.6 is 15.9 Å². The van der Waals surface area contributed by atoms with Crippen LogP contribution in [0.5, 0.6) is 11.5 Å². The summed E-state index contributed by atoms with van der Waals surface area (Å²) < 4.78 is 5.81. The minimum atomic E-state index is -0.242. The summed E-state index contributed by atoms with van der Waals surface area (Å²) in [5, 5.41) is 14.0. The summed E-state index contributed by atoms with van der Waals surface area (Å²) in [6, 6.07) is 4.80. The molecule has 0 spiro atoms. The Kier molecular flexibility index (Phi) is 5.75. The van der Waals surface area contributed by atoms with E-state index in [9.17, 15) is 9.90 Å². The van der Waals surface area contributed by atoms with E-state index < -0.39 is 0 Å². The average Bonchev–Trinajstić information content (AvgIpc) is 2.50. The number of phenolic OH excluding ortho intramolecular Hbond substituents is 1. The Balaban J connectivity index is 2.19. The summed E-state index contributed by atoms with van der Waals surface area (Å²) >= 11 is 3.33. The molecule has 0 aliphatic carbocycles. The first-order valence-electron chi connectivity index (χ1n) is 6.99. The highest BCUT2D eigenvalue weighted by Crippen LogP contribution is 2.32. The number of aromatic hydroxyl groups is 1. The minimum Gasteiger partial charge on any atom is -0.504 e. The Hall–Kier alpha value is -2.35. The molecule has 1 aromatic carbocycles. The standard InChI is InChI=1S/C15H17BrN4O3/c1-3-4-11-7-13(21)19-15(18-11)20-17-8-9-5-10(16)6-12(23-2)14(9)22/h5-8,22H,3-4H2,1-2H3,(H2,18,19,20,21)/b17-8+. The van der Waals surface area contributed by atoms with Gasteiger partial charge in [-0.05, 0) is 18.6 Å². The van der Waals surface area contributed by atoms with E-state index in [-0.39, 0.29) is 17.3 Å². The number of phenols is 1. The van der Waals surface area contributed by atoms with Gasteiger partial charge in [-0.15, -0.1) is 0 Å². The first-order valence-corrected chi connectivity index (χ1v) is 7.78. The van der Waals surface area contributed by atoms with Gasteiger partial charge in [-0.2, -0.15) is 5.10 Å². The molecule has 0 aliphatic heterocycles. The van der Waals surface area contributed by atoms with Crippen molar-refractivity contribution in [3.63, 3.8) is 0 Å². The van der Waals surface area contributed by atoms with Crippen molar-refractivity contribution in [2.45, 2.75) is 19.8 Å². The molecule has 0 atom stereocenters. The zero-order valence-corrected chi connectivity index (χ0v) is 14.3. The highest BCUT2D eigenvalue weighted by molar-refractivity contribution is 9.10. The number of nitrogens with one attached hydrogen (secondary N) is 2. The molecule has 0 radical (unpaired) electrons. The van der Waals surface area contributed by atoms with Gasteiger partial charge in [0.25, 0.3) is 5.56 Å². The van der Waals surface area contributed by atoms with E-state index >= 15 is 0 Å². The van der Waals surface area contributed by atoms with Crippen molar-refractivity contribution in [2.24, 2.45) is 5.10 Å². The molecule has 0 bridgehead atoms. The minimum absolute atomic E-state index is 0.0255. The number of hydrazone groups is 1. The van der Waals surface area contributed by atoms with E-state index in [1.165, 1.54) is 19.4 Å². The molecule has 2 aromatic rings. The van der Waals surface area contributed by atoms with Gasteiger partial charge >= 0.3 is 0 Å². The molecule has 0 amide bonds. The number of rotatable bonds is 6. The van der Waals surface area contributed by atoms with Crippen molar-refractivity contribution < 1.29 is 9.84 Å². The van der Waals surface area contributed by atoms with Gasteiger partial charge in [0.15, 0.2) is 11.5 Å². The summed E-state index contributed by atoms with van der Waals surface area (Å²) in [7, 11) is 1.47. The van der Waals surface area contributed by atoms with Gasteiger partial charge in [0.2, 0.25) is 5.95 Å². The largest absolute Gasteiger partial charge is 0.504 e. The fraction of sp³-hybridized carbons (Fsp3) is 0.267. The van der Waals surface area contributed by atoms with Gasteiger partial charge < -0.3 is 9.84 Å². The van der Waals surface area contributed by atoms with Gasteiger partial charge in [-0.3, -0.25) is 9.78 Å². The lowest BCUT2D eigenvalue weighted by molar-refractivity contribution is 0.373. The van der Waals surface area contributed by atoms with E-state index in [2.05, 4.69) is 36.4 Å². The van der Waals surface area contributed by atoms with Gasteiger partial charge in [0.1, 0.15) is 0 Å². The zero-order valence-electron chi connectivity index (χ0n) is 12.8. The Bertz CT molecular complexity index is 774. The molecule has 8 heteroatoms. The highest BCUT2D eigenvalue weighted by atomic mass is 79.9. The molecule has 7 nitrogen and oxygen atoms in total. The maximum absolute atomic E-state index is 11.6. The monoisotopic (exact) mass is 380 g/mol. The summed E-state index contributed by atoms with van der Waals surface area (Å²) in [4.78, 5) is 18.4. The summed E-state index contributed by atoms with van der Waals surface area (Å²) in [5.74, 6) is 0.554. The van der Waals surface area contributed by atoms with Crippen LogP contribution in [0.2, 0.25) is 0 Å². The van der Waals surface area contributed by atoms with Crippen molar-refractivity contribution in [3.05, 3.63) is 44.3 Å². The van der Waals surface area contributed by atoms with Gasteiger partial charge in [0.05, 0.1) is 13.3 Å². The fourth-order valence-electron chi connectivity index (χ4n) is 1.96. The first-order chi connectivity index (χ1) is 11.0. The number of H-pyrrole nitrogens is 1. The topological polar surface area (TPSA) is 99.6 Å². The number of benzene rings is 1. The molecule has 23 heavy (non-hydrogen) atoms. The van der Waals surface area contributed by atoms with Crippen molar-refractivity contribution >= 4 is 28.1 Å². The number of aromatic amines is 1.